The molecule has 1 N–H and O–H groups in total. The van der Waals surface area contributed by atoms with Gasteiger partial charge in [0.15, 0.2) is 0 Å². The predicted molar refractivity (Wildman–Crippen MR) is 110 cm³/mol. The first-order valence-corrected chi connectivity index (χ1v) is 10.8. The molecule has 2 aromatic rings. The van der Waals surface area contributed by atoms with Crippen molar-refractivity contribution in [2.75, 3.05) is 16.8 Å². The van der Waals surface area contributed by atoms with Gasteiger partial charge in [-0.3, -0.25) is 19.3 Å². The molecule has 2 aromatic carbocycles. The number of benzene rings is 2. The summed E-state index contributed by atoms with van der Waals surface area (Å²) in [6.45, 7) is 0.650. The van der Waals surface area contributed by atoms with Crippen LogP contribution in [0.4, 0.5) is 15.8 Å². The number of carbonyl (C=O) groups is 3. The summed E-state index contributed by atoms with van der Waals surface area (Å²) in [6.07, 6.45) is 1.60. The molecule has 0 aliphatic carbocycles. The number of imide groups is 1. The van der Waals surface area contributed by atoms with Gasteiger partial charge < -0.3 is 5.32 Å². The summed E-state index contributed by atoms with van der Waals surface area (Å²) in [5, 5.41) is 2.94. The van der Waals surface area contributed by atoms with E-state index < -0.39 is 29.1 Å². The van der Waals surface area contributed by atoms with E-state index >= 15 is 0 Å². The lowest BCUT2D eigenvalue weighted by Gasteiger charge is -2.36. The maximum absolute atomic E-state index is 13.9. The van der Waals surface area contributed by atoms with Gasteiger partial charge >= 0.3 is 0 Å². The Bertz CT molecular complexity index is 1150. The largest absolute Gasteiger partial charge is 0.324 e. The lowest BCUT2D eigenvalue weighted by Crippen LogP contribution is -2.54. The van der Waals surface area contributed by atoms with Gasteiger partial charge in [0.05, 0.1) is 17.5 Å². The zero-order chi connectivity index (χ0) is 20.8. The van der Waals surface area contributed by atoms with Crippen molar-refractivity contribution in [2.45, 2.75) is 24.4 Å². The predicted octanol–water partition coefficient (Wildman–Crippen LogP) is 3.02. The van der Waals surface area contributed by atoms with Crippen LogP contribution in [-0.4, -0.2) is 35.2 Å². The first-order chi connectivity index (χ1) is 14.4. The fourth-order valence-electron chi connectivity index (χ4n) is 6.04. The minimum atomic E-state index is -1.22. The molecule has 3 amide bonds. The third kappa shape index (κ3) is 2.03. The van der Waals surface area contributed by atoms with Crippen LogP contribution in [0.1, 0.15) is 18.4 Å². The van der Waals surface area contributed by atoms with E-state index in [0.717, 1.165) is 27.8 Å². The van der Waals surface area contributed by atoms with Crippen LogP contribution in [0, 0.1) is 17.7 Å². The van der Waals surface area contributed by atoms with Gasteiger partial charge in [-0.05, 0) is 55.8 Å². The van der Waals surface area contributed by atoms with E-state index in [1.807, 2.05) is 18.2 Å². The average molecular weight is 470 g/mol. The minimum absolute atomic E-state index is 0.194. The van der Waals surface area contributed by atoms with Gasteiger partial charge in [-0.25, -0.2) is 9.29 Å². The average Bonchev–Trinajstić information content (AvgIpc) is 3.40. The van der Waals surface area contributed by atoms with Crippen LogP contribution in [-0.2, 0) is 19.9 Å². The number of carbonyl (C=O) groups excluding carboxylic acids is 3. The molecule has 6 rings (SSSR count). The van der Waals surface area contributed by atoms with Gasteiger partial charge in [0.2, 0.25) is 17.7 Å². The highest BCUT2D eigenvalue weighted by atomic mass is 79.9. The molecule has 4 atom stereocenters. The Kier molecular flexibility index (Phi) is 3.63. The molecule has 0 bridgehead atoms. The number of hydrogen-bond acceptors (Lipinski definition) is 4. The van der Waals surface area contributed by atoms with Crippen LogP contribution in [0.15, 0.2) is 46.9 Å². The van der Waals surface area contributed by atoms with Crippen LogP contribution < -0.4 is 10.2 Å². The normalized spacial score (nSPS) is 32.0. The molecule has 8 heteroatoms. The van der Waals surface area contributed by atoms with E-state index in [4.69, 9.17) is 0 Å². The molecule has 3 saturated heterocycles. The van der Waals surface area contributed by atoms with Crippen molar-refractivity contribution in [2.24, 2.45) is 11.8 Å². The third-order valence-corrected chi connectivity index (χ3v) is 7.51. The van der Waals surface area contributed by atoms with Crippen molar-refractivity contribution in [3.8, 4) is 0 Å². The highest BCUT2D eigenvalue weighted by Crippen LogP contribution is 2.60. The van der Waals surface area contributed by atoms with Crippen LogP contribution >= 0.6 is 15.9 Å². The lowest BCUT2D eigenvalue weighted by atomic mass is 9.75. The molecule has 4 aliphatic rings. The smallest absolute Gasteiger partial charge is 0.250 e. The molecule has 4 heterocycles. The summed E-state index contributed by atoms with van der Waals surface area (Å²) >= 11 is 3.48. The molecule has 0 aromatic heterocycles. The van der Waals surface area contributed by atoms with Crippen molar-refractivity contribution < 1.29 is 18.8 Å². The molecule has 4 unspecified atom stereocenters. The van der Waals surface area contributed by atoms with E-state index in [2.05, 4.69) is 26.1 Å². The number of rotatable bonds is 1. The molecular formula is C22H17BrFN3O3. The number of nitrogens with one attached hydrogen (secondary N) is 1. The number of fused-ring (bicyclic) bond motifs is 7. The first-order valence-electron chi connectivity index (χ1n) is 9.96. The number of amides is 3. The van der Waals surface area contributed by atoms with Crippen LogP contribution in [0.3, 0.4) is 0 Å². The zero-order valence-corrected chi connectivity index (χ0v) is 17.4. The second-order valence-electron chi connectivity index (χ2n) is 8.31. The maximum atomic E-state index is 13.9. The van der Waals surface area contributed by atoms with E-state index in [-0.39, 0.29) is 23.5 Å². The van der Waals surface area contributed by atoms with Crippen molar-refractivity contribution >= 4 is 45.0 Å². The van der Waals surface area contributed by atoms with Crippen LogP contribution in [0.5, 0.6) is 0 Å². The van der Waals surface area contributed by atoms with E-state index in [9.17, 15) is 18.8 Å². The van der Waals surface area contributed by atoms with Gasteiger partial charge in [-0.15, -0.1) is 0 Å². The summed E-state index contributed by atoms with van der Waals surface area (Å²) in [5.74, 6) is -3.03. The second kappa shape index (κ2) is 5.98. The molecule has 30 heavy (non-hydrogen) atoms. The Morgan fingerprint density at radius 1 is 1.10 bits per heavy atom. The molecule has 0 saturated carbocycles. The van der Waals surface area contributed by atoms with Crippen molar-refractivity contribution in [3.05, 3.63) is 58.3 Å². The Morgan fingerprint density at radius 2 is 1.93 bits per heavy atom. The summed E-state index contributed by atoms with van der Waals surface area (Å²) < 4.78 is 14.7. The lowest BCUT2D eigenvalue weighted by molar-refractivity contribution is -0.135. The molecule has 152 valence electrons. The Hall–Kier alpha value is -2.58. The van der Waals surface area contributed by atoms with Gasteiger partial charge in [0, 0.05) is 21.8 Å². The fraction of sp³-hybridized carbons (Fsp3) is 0.318. The Balaban J connectivity index is 1.57. The third-order valence-electron chi connectivity index (χ3n) is 7.02. The minimum Gasteiger partial charge on any atom is -0.324 e. The van der Waals surface area contributed by atoms with Gasteiger partial charge in [-0.2, -0.15) is 0 Å². The van der Waals surface area contributed by atoms with Gasteiger partial charge in [0.25, 0.3) is 0 Å². The molecule has 6 nitrogen and oxygen atoms in total. The summed E-state index contributed by atoms with van der Waals surface area (Å²) in [4.78, 5) is 43.8. The number of halogens is 2. The van der Waals surface area contributed by atoms with Gasteiger partial charge in [0.1, 0.15) is 11.4 Å². The standard InChI is InChI=1S/C22H17BrFN3O3/c23-11-6-7-15-14(9-11)22(21(30)25-15)18-17(16-5-2-8-26(16)22)19(28)27(20(18)29)13-4-1-3-12(24)10-13/h1,3-4,6-7,9-10,16-18H,2,5,8H2,(H,25,30). The summed E-state index contributed by atoms with van der Waals surface area (Å²) in [5.41, 5.74) is 0.384. The second-order valence-corrected chi connectivity index (χ2v) is 9.22. The SMILES string of the molecule is O=C1C2C3CCCN3C3(C(=O)Nc4ccc(Br)cc43)C2C(=O)N1c1cccc(F)c1. The van der Waals surface area contributed by atoms with E-state index in [0.29, 0.717) is 12.2 Å². The molecule has 1 spiro atoms. The van der Waals surface area contributed by atoms with Crippen molar-refractivity contribution in [1.29, 1.82) is 0 Å². The van der Waals surface area contributed by atoms with Crippen LogP contribution in [0.2, 0.25) is 0 Å². The van der Waals surface area contributed by atoms with E-state index in [1.54, 1.807) is 6.07 Å². The quantitative estimate of drug-likeness (QED) is 0.651. The topological polar surface area (TPSA) is 69.7 Å². The van der Waals surface area contributed by atoms with Gasteiger partial charge in [-0.1, -0.05) is 22.0 Å². The summed E-state index contributed by atoms with van der Waals surface area (Å²) in [6, 6.07) is 10.8. The van der Waals surface area contributed by atoms with Crippen LogP contribution in [0.25, 0.3) is 0 Å². The Labute approximate surface area is 180 Å². The van der Waals surface area contributed by atoms with E-state index in [1.165, 1.54) is 18.2 Å². The summed E-state index contributed by atoms with van der Waals surface area (Å²) in [7, 11) is 0. The Morgan fingerprint density at radius 3 is 2.73 bits per heavy atom. The zero-order valence-electron chi connectivity index (χ0n) is 15.8. The molecule has 0 radical (unpaired) electrons. The monoisotopic (exact) mass is 469 g/mol. The first kappa shape index (κ1) is 18.2. The van der Waals surface area contributed by atoms with Crippen molar-refractivity contribution in [1.82, 2.24) is 4.90 Å². The molecule has 4 aliphatic heterocycles. The number of nitrogens with zero attached hydrogens (tertiary/aromatic N) is 2. The molecular weight excluding hydrogens is 453 g/mol. The molecule has 3 fully saturated rings. The van der Waals surface area contributed by atoms with Crippen molar-refractivity contribution in [3.63, 3.8) is 0 Å². The number of anilines is 2. The highest BCUT2D eigenvalue weighted by Gasteiger charge is 2.74. The number of hydrogen-bond donors (Lipinski definition) is 1. The fourth-order valence-corrected chi connectivity index (χ4v) is 6.41. The maximum Gasteiger partial charge on any atom is 0.250 e. The highest BCUT2D eigenvalue weighted by molar-refractivity contribution is 9.10.